The molecule has 1 aliphatic heterocycles. The van der Waals surface area contributed by atoms with Gasteiger partial charge in [0.1, 0.15) is 31.5 Å². The summed E-state index contributed by atoms with van der Waals surface area (Å²) >= 11 is 0. The maximum absolute atomic E-state index is 12.3. The van der Waals surface area contributed by atoms with Crippen LogP contribution in [0.3, 0.4) is 0 Å². The lowest BCUT2D eigenvalue weighted by Crippen LogP contribution is -2.56. The van der Waals surface area contributed by atoms with Crippen molar-refractivity contribution >= 4 is 11.9 Å². The first-order chi connectivity index (χ1) is 21.3. The van der Waals surface area contributed by atoms with Gasteiger partial charge in [-0.05, 0) is 50.7 Å². The molecule has 0 aromatic heterocycles. The third-order valence-electron chi connectivity index (χ3n) is 7.37. The van der Waals surface area contributed by atoms with Crippen LogP contribution in [0.4, 0.5) is 0 Å². The number of aliphatic hydroxyl groups is 3. The summed E-state index contributed by atoms with van der Waals surface area (Å²) in [5.41, 5.74) is 0.385. The molecule has 2 rings (SSSR count). The lowest BCUT2D eigenvalue weighted by molar-refractivity contribution is -0.292. The van der Waals surface area contributed by atoms with Gasteiger partial charge in [0.15, 0.2) is 6.29 Å². The van der Waals surface area contributed by atoms with Crippen LogP contribution in [0.15, 0.2) is 66.8 Å². The number of carbonyl (C=O) groups excluding carboxylic acids is 2. The number of unbranched alkanes of at least 4 members (excludes halogenated alkanes) is 5. The Morgan fingerprint density at radius 3 is 2.25 bits per heavy atom. The number of aliphatic hydroxyl groups excluding tert-OH is 3. The van der Waals surface area contributed by atoms with E-state index in [0.717, 1.165) is 57.8 Å². The Kier molecular flexibility index (Phi) is 19.2. The predicted molar refractivity (Wildman–Crippen MR) is 169 cm³/mol. The van der Waals surface area contributed by atoms with E-state index >= 15 is 0 Å². The van der Waals surface area contributed by atoms with Gasteiger partial charge in [0, 0.05) is 12.3 Å². The molecule has 3 N–H and O–H groups in total. The van der Waals surface area contributed by atoms with Crippen molar-refractivity contribution in [3.05, 3.63) is 72.4 Å². The van der Waals surface area contributed by atoms with Crippen molar-refractivity contribution in [2.45, 2.75) is 109 Å². The molecule has 9 heteroatoms. The summed E-state index contributed by atoms with van der Waals surface area (Å²) in [6.07, 6.45) is 16.8. The zero-order valence-electron chi connectivity index (χ0n) is 26.3. The lowest BCUT2D eigenvalue weighted by Gasteiger charge is -2.41. The van der Waals surface area contributed by atoms with Gasteiger partial charge in [0.25, 0.3) is 0 Å². The third kappa shape index (κ3) is 15.3. The second-order valence-corrected chi connectivity index (χ2v) is 11.1. The molecule has 246 valence electrons. The minimum atomic E-state index is -1.36. The third-order valence-corrected chi connectivity index (χ3v) is 7.37. The molecule has 1 fully saturated rings. The monoisotopic (exact) mass is 616 g/mol. The normalized spacial score (nSPS) is 23.0. The van der Waals surface area contributed by atoms with Crippen LogP contribution >= 0.6 is 0 Å². The second-order valence-electron chi connectivity index (χ2n) is 11.1. The summed E-state index contributed by atoms with van der Waals surface area (Å²) in [4.78, 5) is 24.3. The maximum Gasteiger partial charge on any atom is 0.338 e. The van der Waals surface area contributed by atoms with Crippen LogP contribution in [-0.4, -0.2) is 77.8 Å². The fourth-order valence-corrected chi connectivity index (χ4v) is 4.62. The zero-order valence-corrected chi connectivity index (χ0v) is 26.3. The first kappa shape index (κ1) is 37.4. The van der Waals surface area contributed by atoms with Gasteiger partial charge >= 0.3 is 11.9 Å². The lowest BCUT2D eigenvalue weighted by atomic mass is 9.91. The van der Waals surface area contributed by atoms with Crippen LogP contribution in [-0.2, 0) is 23.7 Å². The summed E-state index contributed by atoms with van der Waals surface area (Å²) in [6.45, 7) is 3.12. The van der Waals surface area contributed by atoms with E-state index in [1.807, 2.05) is 0 Å². The van der Waals surface area contributed by atoms with Crippen LogP contribution in [0.25, 0.3) is 0 Å². The van der Waals surface area contributed by atoms with Crippen molar-refractivity contribution in [2.24, 2.45) is 5.92 Å². The number of allylic oxidation sites excluding steroid dienone is 6. The Labute approximate surface area is 262 Å². The summed E-state index contributed by atoms with van der Waals surface area (Å²) in [6, 6.07) is 8.48. The molecule has 6 atom stereocenters. The van der Waals surface area contributed by atoms with Gasteiger partial charge in [-0.15, -0.1) is 0 Å². The van der Waals surface area contributed by atoms with E-state index < -0.39 is 42.6 Å². The topological polar surface area (TPSA) is 132 Å². The highest BCUT2D eigenvalue weighted by Crippen LogP contribution is 2.27. The molecule has 0 saturated carbocycles. The van der Waals surface area contributed by atoms with Gasteiger partial charge in [-0.3, -0.25) is 4.79 Å². The number of benzene rings is 1. The molecule has 1 aromatic rings. The molecule has 0 amide bonds. The van der Waals surface area contributed by atoms with Gasteiger partial charge in [-0.25, -0.2) is 4.79 Å². The molecular formula is C35H52O9. The largest absolute Gasteiger partial charge is 0.463 e. The first-order valence-electron chi connectivity index (χ1n) is 16.0. The Hall–Kier alpha value is -2.82. The zero-order chi connectivity index (χ0) is 32.0. The molecule has 1 aliphatic rings. The number of rotatable bonds is 21. The molecule has 0 spiro atoms. The maximum atomic E-state index is 12.3. The molecule has 0 aliphatic carbocycles. The summed E-state index contributed by atoms with van der Waals surface area (Å²) in [7, 11) is 0. The Morgan fingerprint density at radius 1 is 0.864 bits per heavy atom. The van der Waals surface area contributed by atoms with Crippen molar-refractivity contribution in [1.29, 1.82) is 0 Å². The van der Waals surface area contributed by atoms with Crippen LogP contribution in [0.5, 0.6) is 0 Å². The average Bonchev–Trinajstić information content (AvgIpc) is 3.03. The fraction of sp³-hybridized carbons (Fsp3) is 0.600. The fourth-order valence-electron chi connectivity index (χ4n) is 4.62. The van der Waals surface area contributed by atoms with Gasteiger partial charge < -0.3 is 34.3 Å². The van der Waals surface area contributed by atoms with Crippen molar-refractivity contribution in [3.63, 3.8) is 0 Å². The van der Waals surface area contributed by atoms with Gasteiger partial charge in [-0.2, -0.15) is 0 Å². The van der Waals surface area contributed by atoms with E-state index in [1.165, 1.54) is 0 Å². The molecule has 0 bridgehead atoms. The van der Waals surface area contributed by atoms with Crippen LogP contribution in [0.2, 0.25) is 0 Å². The van der Waals surface area contributed by atoms with E-state index in [2.05, 4.69) is 43.4 Å². The van der Waals surface area contributed by atoms with Gasteiger partial charge in [-0.1, -0.05) is 87.8 Å². The smallest absolute Gasteiger partial charge is 0.338 e. The highest BCUT2D eigenvalue weighted by atomic mass is 16.7. The van der Waals surface area contributed by atoms with Gasteiger partial charge in [0.2, 0.25) is 0 Å². The molecule has 9 nitrogen and oxygen atoms in total. The molecule has 0 radical (unpaired) electrons. The number of esters is 2. The van der Waals surface area contributed by atoms with E-state index in [9.17, 15) is 24.9 Å². The summed E-state index contributed by atoms with van der Waals surface area (Å²) in [5.74, 6) is -1.45. The quantitative estimate of drug-likeness (QED) is 0.0939. The number of hydrogen-bond acceptors (Lipinski definition) is 9. The van der Waals surface area contributed by atoms with Crippen LogP contribution in [0.1, 0.15) is 88.4 Å². The molecule has 1 aromatic carbocycles. The SMILES string of the molecule is CC/C=C\C/C=C\C/C=C\CCCCCCCC(=O)OCC(O)COC1OC(COC(=O)c2ccccc2)C(C)C(O)C1O. The Morgan fingerprint density at radius 2 is 1.52 bits per heavy atom. The average molecular weight is 617 g/mol. The minimum Gasteiger partial charge on any atom is -0.463 e. The number of ether oxygens (including phenoxy) is 4. The van der Waals surface area contributed by atoms with Crippen molar-refractivity contribution in [1.82, 2.24) is 0 Å². The standard InChI is InChI=1S/C35H52O9/c1-3-4-5-6-7-8-9-10-11-12-13-14-15-16-20-23-31(37)41-24-29(36)25-43-35-33(39)32(38)27(2)30(44-35)26-42-34(40)28-21-18-17-19-22-28/h4-5,7-8,10-11,17-19,21-22,27,29-30,32-33,35-36,38-39H,3,6,9,12-16,20,23-26H2,1-2H3/b5-4-,8-7-,11-10-. The van der Waals surface area contributed by atoms with Crippen molar-refractivity contribution in [3.8, 4) is 0 Å². The van der Waals surface area contributed by atoms with Crippen LogP contribution < -0.4 is 0 Å². The Bertz CT molecular complexity index is 1010. The second kappa shape index (κ2) is 22.7. The number of hydrogen-bond donors (Lipinski definition) is 3. The molecule has 1 saturated heterocycles. The van der Waals surface area contributed by atoms with E-state index in [4.69, 9.17) is 18.9 Å². The molecule has 44 heavy (non-hydrogen) atoms. The highest BCUT2D eigenvalue weighted by molar-refractivity contribution is 5.89. The van der Waals surface area contributed by atoms with E-state index in [1.54, 1.807) is 37.3 Å². The predicted octanol–water partition coefficient (Wildman–Crippen LogP) is 5.44. The first-order valence-corrected chi connectivity index (χ1v) is 16.0. The van der Waals surface area contributed by atoms with E-state index in [-0.39, 0.29) is 32.2 Å². The van der Waals surface area contributed by atoms with Gasteiger partial charge in [0.05, 0.1) is 18.3 Å². The van der Waals surface area contributed by atoms with Crippen LogP contribution in [0, 0.1) is 5.92 Å². The highest BCUT2D eigenvalue weighted by Gasteiger charge is 2.43. The Balaban J connectivity index is 1.54. The number of carbonyl (C=O) groups is 2. The molecular weight excluding hydrogens is 564 g/mol. The molecule has 6 unspecified atom stereocenters. The summed E-state index contributed by atoms with van der Waals surface area (Å²) < 4.78 is 21.7. The summed E-state index contributed by atoms with van der Waals surface area (Å²) in [5, 5.41) is 31.1. The van der Waals surface area contributed by atoms with Crippen molar-refractivity contribution in [2.75, 3.05) is 19.8 Å². The molecule has 1 heterocycles. The van der Waals surface area contributed by atoms with Crippen molar-refractivity contribution < 1.29 is 43.9 Å². The van der Waals surface area contributed by atoms with E-state index in [0.29, 0.717) is 5.56 Å². The minimum absolute atomic E-state index is 0.148.